The van der Waals surface area contributed by atoms with Gasteiger partial charge in [0.15, 0.2) is 0 Å². The Morgan fingerprint density at radius 3 is 1.69 bits per heavy atom. The second-order valence-corrected chi connectivity index (χ2v) is 8.24. The third kappa shape index (κ3) is 9.04. The number of amides is 3. The number of carboxylic acids is 1. The van der Waals surface area contributed by atoms with Crippen LogP contribution in [0.2, 0.25) is 0 Å². The SMILES string of the molecule is N[C@@H](Cc1ccccc1)C(=O)N[C@@H](Cc1ccccc1)C(=O)N[C@@H](CO)C(=O)N[C@@H](CS)C(=O)O. The van der Waals surface area contributed by atoms with E-state index in [9.17, 15) is 24.3 Å². The summed E-state index contributed by atoms with van der Waals surface area (Å²) in [5.74, 6) is -3.68. The molecule has 188 valence electrons. The molecule has 0 unspecified atom stereocenters. The highest BCUT2D eigenvalue weighted by atomic mass is 32.1. The number of carbonyl (C=O) groups is 4. The summed E-state index contributed by atoms with van der Waals surface area (Å²) in [4.78, 5) is 49.4. The Balaban J connectivity index is 2.12. The van der Waals surface area contributed by atoms with Crippen LogP contribution in [0.4, 0.5) is 0 Å². The molecule has 3 amide bonds. The van der Waals surface area contributed by atoms with Gasteiger partial charge in [-0.25, -0.2) is 4.79 Å². The number of nitrogens with two attached hydrogens (primary N) is 1. The van der Waals surface area contributed by atoms with Gasteiger partial charge in [-0.2, -0.15) is 12.6 Å². The normalized spacial score (nSPS) is 14.1. The van der Waals surface area contributed by atoms with E-state index in [0.29, 0.717) is 0 Å². The van der Waals surface area contributed by atoms with E-state index in [1.807, 2.05) is 30.3 Å². The van der Waals surface area contributed by atoms with Crippen LogP contribution in [-0.4, -0.2) is 70.4 Å². The number of rotatable bonds is 13. The Bertz CT molecular complexity index is 992. The number of aliphatic hydroxyl groups is 1. The molecule has 2 aromatic rings. The zero-order valence-corrected chi connectivity index (χ0v) is 19.9. The third-order valence-corrected chi connectivity index (χ3v) is 5.53. The van der Waals surface area contributed by atoms with Crippen LogP contribution in [-0.2, 0) is 32.0 Å². The van der Waals surface area contributed by atoms with E-state index < -0.39 is 54.5 Å². The molecule has 0 heterocycles. The Morgan fingerprint density at radius 2 is 1.20 bits per heavy atom. The number of aliphatic carboxylic acids is 1. The van der Waals surface area contributed by atoms with Crippen LogP contribution in [0.5, 0.6) is 0 Å². The van der Waals surface area contributed by atoms with Crippen molar-refractivity contribution in [2.75, 3.05) is 12.4 Å². The standard InChI is InChI=1S/C24H30N4O6S/c25-17(11-15-7-3-1-4-8-15)21(30)26-18(12-16-9-5-2-6-10-16)22(31)27-19(13-29)23(32)28-20(14-35)24(33)34/h1-10,17-20,29,35H,11-14,25H2,(H,26,30)(H,27,31)(H,28,32)(H,33,34)/t17-,18-,19-,20-/m0/s1. The molecule has 0 fully saturated rings. The molecule has 0 radical (unpaired) electrons. The van der Waals surface area contributed by atoms with Gasteiger partial charge in [-0.05, 0) is 17.5 Å². The predicted molar refractivity (Wildman–Crippen MR) is 133 cm³/mol. The zero-order chi connectivity index (χ0) is 25.8. The maximum absolute atomic E-state index is 13.0. The molecule has 2 rings (SSSR count). The lowest BCUT2D eigenvalue weighted by Gasteiger charge is -2.24. The first kappa shape index (κ1) is 27.8. The van der Waals surface area contributed by atoms with Gasteiger partial charge in [0.05, 0.1) is 12.6 Å². The van der Waals surface area contributed by atoms with E-state index in [2.05, 4.69) is 28.6 Å². The molecule has 4 atom stereocenters. The van der Waals surface area contributed by atoms with Crippen molar-refractivity contribution in [3.05, 3.63) is 71.8 Å². The van der Waals surface area contributed by atoms with Crippen molar-refractivity contribution >= 4 is 36.3 Å². The summed E-state index contributed by atoms with van der Waals surface area (Å²) in [6.45, 7) is -0.782. The van der Waals surface area contributed by atoms with Crippen molar-refractivity contribution < 1.29 is 29.4 Å². The minimum atomic E-state index is -1.43. The van der Waals surface area contributed by atoms with E-state index in [4.69, 9.17) is 10.8 Å². The van der Waals surface area contributed by atoms with Gasteiger partial charge in [0.25, 0.3) is 0 Å². The fraction of sp³-hybridized carbons (Fsp3) is 0.333. The molecule has 0 spiro atoms. The third-order valence-electron chi connectivity index (χ3n) is 5.16. The van der Waals surface area contributed by atoms with E-state index in [-0.39, 0.29) is 18.6 Å². The Kier molecular flexibility index (Phi) is 11.2. The molecule has 2 aromatic carbocycles. The maximum atomic E-state index is 13.0. The van der Waals surface area contributed by atoms with Gasteiger partial charge in [-0.3, -0.25) is 14.4 Å². The molecule has 35 heavy (non-hydrogen) atoms. The van der Waals surface area contributed by atoms with E-state index >= 15 is 0 Å². The second-order valence-electron chi connectivity index (χ2n) is 7.87. The molecule has 10 nitrogen and oxygen atoms in total. The van der Waals surface area contributed by atoms with Crippen LogP contribution in [0.1, 0.15) is 11.1 Å². The van der Waals surface area contributed by atoms with Crippen LogP contribution in [0.25, 0.3) is 0 Å². The topological polar surface area (TPSA) is 171 Å². The summed E-state index contributed by atoms with van der Waals surface area (Å²) in [7, 11) is 0. The van der Waals surface area contributed by atoms with Crippen molar-refractivity contribution in [1.82, 2.24) is 16.0 Å². The van der Waals surface area contributed by atoms with Gasteiger partial charge in [0.1, 0.15) is 18.1 Å². The number of benzene rings is 2. The highest BCUT2D eigenvalue weighted by molar-refractivity contribution is 7.80. The first-order chi connectivity index (χ1) is 16.7. The molecule has 0 bridgehead atoms. The Labute approximate surface area is 208 Å². The summed E-state index contributed by atoms with van der Waals surface area (Å²) in [5.41, 5.74) is 7.66. The highest BCUT2D eigenvalue weighted by Gasteiger charge is 2.30. The van der Waals surface area contributed by atoms with E-state index in [0.717, 1.165) is 11.1 Å². The molecule has 7 N–H and O–H groups in total. The molecule has 0 saturated carbocycles. The van der Waals surface area contributed by atoms with Crippen LogP contribution < -0.4 is 21.7 Å². The fourth-order valence-electron chi connectivity index (χ4n) is 3.22. The summed E-state index contributed by atoms with van der Waals surface area (Å²) < 4.78 is 0. The zero-order valence-electron chi connectivity index (χ0n) is 19.0. The minimum absolute atomic E-state index is 0.102. The summed E-state index contributed by atoms with van der Waals surface area (Å²) in [6.07, 6.45) is 0.360. The molecular formula is C24H30N4O6S. The van der Waals surface area contributed by atoms with Crippen LogP contribution >= 0.6 is 12.6 Å². The van der Waals surface area contributed by atoms with Gasteiger partial charge >= 0.3 is 5.97 Å². The lowest BCUT2D eigenvalue weighted by molar-refractivity contribution is -0.142. The molecular weight excluding hydrogens is 472 g/mol. The van der Waals surface area contributed by atoms with Crippen molar-refractivity contribution in [1.29, 1.82) is 0 Å². The molecule has 11 heteroatoms. The van der Waals surface area contributed by atoms with Crippen molar-refractivity contribution in [3.63, 3.8) is 0 Å². The molecule has 0 saturated heterocycles. The number of thiol groups is 1. The lowest BCUT2D eigenvalue weighted by Crippen LogP contribution is -2.58. The number of hydrogen-bond donors (Lipinski definition) is 7. The van der Waals surface area contributed by atoms with Crippen LogP contribution in [0.15, 0.2) is 60.7 Å². The van der Waals surface area contributed by atoms with Gasteiger partial charge in [0, 0.05) is 12.2 Å². The minimum Gasteiger partial charge on any atom is -0.480 e. The Morgan fingerprint density at radius 1 is 0.743 bits per heavy atom. The van der Waals surface area contributed by atoms with Crippen molar-refractivity contribution in [2.24, 2.45) is 5.73 Å². The number of aliphatic hydroxyl groups excluding tert-OH is 1. The van der Waals surface area contributed by atoms with Crippen molar-refractivity contribution in [3.8, 4) is 0 Å². The molecule has 0 aliphatic heterocycles. The Hall–Kier alpha value is -3.41. The predicted octanol–water partition coefficient (Wildman–Crippen LogP) is -0.740. The average Bonchev–Trinajstić information content (AvgIpc) is 2.86. The van der Waals surface area contributed by atoms with Crippen molar-refractivity contribution in [2.45, 2.75) is 37.0 Å². The molecule has 0 aliphatic rings. The summed E-state index contributed by atoms with van der Waals surface area (Å²) in [6, 6.07) is 13.3. The number of hydrogen-bond acceptors (Lipinski definition) is 7. The van der Waals surface area contributed by atoms with Crippen LogP contribution in [0.3, 0.4) is 0 Å². The highest BCUT2D eigenvalue weighted by Crippen LogP contribution is 2.06. The van der Waals surface area contributed by atoms with Gasteiger partial charge < -0.3 is 31.9 Å². The summed E-state index contributed by atoms with van der Waals surface area (Å²) >= 11 is 3.87. The number of carboxylic acid groups (broad SMARTS) is 1. The smallest absolute Gasteiger partial charge is 0.327 e. The summed E-state index contributed by atoms with van der Waals surface area (Å²) in [5, 5.41) is 25.9. The first-order valence-corrected chi connectivity index (χ1v) is 11.6. The number of nitrogens with one attached hydrogen (secondary N) is 3. The molecule has 0 aromatic heterocycles. The maximum Gasteiger partial charge on any atom is 0.327 e. The molecule has 0 aliphatic carbocycles. The van der Waals surface area contributed by atoms with Crippen LogP contribution in [0, 0.1) is 0 Å². The average molecular weight is 503 g/mol. The largest absolute Gasteiger partial charge is 0.480 e. The van der Waals surface area contributed by atoms with Gasteiger partial charge in [-0.15, -0.1) is 0 Å². The van der Waals surface area contributed by atoms with E-state index in [1.165, 1.54) is 0 Å². The first-order valence-electron chi connectivity index (χ1n) is 10.9. The van der Waals surface area contributed by atoms with Gasteiger partial charge in [-0.1, -0.05) is 60.7 Å². The monoisotopic (exact) mass is 502 g/mol. The number of carbonyl (C=O) groups excluding carboxylic acids is 3. The quantitative estimate of drug-likeness (QED) is 0.177. The lowest BCUT2D eigenvalue weighted by atomic mass is 10.0. The fourth-order valence-corrected chi connectivity index (χ4v) is 3.47. The van der Waals surface area contributed by atoms with Gasteiger partial charge in [0.2, 0.25) is 17.7 Å². The second kappa shape index (κ2) is 14.1. The van der Waals surface area contributed by atoms with E-state index in [1.54, 1.807) is 30.3 Å².